The van der Waals surface area contributed by atoms with Gasteiger partial charge in [-0.25, -0.2) is 0 Å². The van der Waals surface area contributed by atoms with E-state index in [1.807, 2.05) is 0 Å². The van der Waals surface area contributed by atoms with Gasteiger partial charge in [-0.2, -0.15) is 8.42 Å². The van der Waals surface area contributed by atoms with Gasteiger partial charge >= 0.3 is 0 Å². The van der Waals surface area contributed by atoms with E-state index in [-0.39, 0.29) is 0 Å². The Morgan fingerprint density at radius 1 is 1.16 bits per heavy atom. The molecule has 0 atom stereocenters. The highest BCUT2D eigenvalue weighted by Crippen LogP contribution is 2.09. The molecule has 1 aromatic rings. The van der Waals surface area contributed by atoms with Gasteiger partial charge in [-0.1, -0.05) is 32.9 Å². The van der Waals surface area contributed by atoms with Gasteiger partial charge in [0.05, 0.1) is 0 Å². The fraction of sp³-hybridized carbons (Fsp3) is 0.538. The van der Waals surface area contributed by atoms with Gasteiger partial charge < -0.3 is 10.6 Å². The molecule has 0 aliphatic heterocycles. The summed E-state index contributed by atoms with van der Waals surface area (Å²) in [6, 6.07) is 6.38. The highest BCUT2D eigenvalue weighted by atomic mass is 32.2. The minimum Gasteiger partial charge on any atom is -0.399 e. The van der Waals surface area contributed by atoms with E-state index in [9.17, 15) is 8.42 Å². The van der Waals surface area contributed by atoms with Crippen LogP contribution in [-0.2, 0) is 15.9 Å². The number of nitrogens with zero attached hydrogens (tertiary/aromatic N) is 1. The molecule has 110 valence electrons. The second kappa shape index (κ2) is 8.90. The summed E-state index contributed by atoms with van der Waals surface area (Å²) >= 11 is 0. The zero-order valence-electron chi connectivity index (χ0n) is 11.8. The summed E-state index contributed by atoms with van der Waals surface area (Å²) in [7, 11) is -3.95. The molecule has 0 aliphatic carbocycles. The summed E-state index contributed by atoms with van der Waals surface area (Å²) in [5.41, 5.74) is 6.37. The first-order chi connectivity index (χ1) is 8.82. The lowest BCUT2D eigenvalue weighted by Crippen LogP contribution is -2.21. The molecule has 0 saturated heterocycles. The molecule has 0 saturated carbocycles. The molecule has 0 aromatic heterocycles. The summed E-state index contributed by atoms with van der Waals surface area (Å²) in [6.07, 6.45) is 0. The number of nitrogens with two attached hydrogens (primary N) is 1. The van der Waals surface area contributed by atoms with Crippen molar-refractivity contribution in [1.29, 1.82) is 0 Å². The first kappa shape index (κ1) is 17.9. The van der Waals surface area contributed by atoms with Crippen molar-refractivity contribution in [3.8, 4) is 0 Å². The normalized spacial score (nSPS) is 11.0. The van der Waals surface area contributed by atoms with E-state index < -0.39 is 15.9 Å². The van der Waals surface area contributed by atoms with Crippen molar-refractivity contribution in [2.45, 2.75) is 26.5 Å². The van der Waals surface area contributed by atoms with Gasteiger partial charge in [-0.3, -0.25) is 4.55 Å². The van der Waals surface area contributed by atoms with E-state index in [0.717, 1.165) is 0 Å². The first-order valence-electron chi connectivity index (χ1n) is 6.34. The third-order valence-electron chi connectivity index (χ3n) is 2.64. The van der Waals surface area contributed by atoms with Crippen molar-refractivity contribution >= 4 is 15.8 Å². The predicted molar refractivity (Wildman–Crippen MR) is 79.6 cm³/mol. The number of hydrogen-bond acceptors (Lipinski definition) is 4. The largest absolute Gasteiger partial charge is 0.399 e. The maximum atomic E-state index is 10.4. The van der Waals surface area contributed by atoms with Gasteiger partial charge in [0, 0.05) is 5.69 Å². The highest BCUT2D eigenvalue weighted by Gasteiger charge is 2.05. The molecule has 0 unspecified atom stereocenters. The smallest absolute Gasteiger partial charge is 0.269 e. The molecule has 0 spiro atoms. The lowest BCUT2D eigenvalue weighted by molar-refractivity contribution is 0.321. The van der Waals surface area contributed by atoms with Gasteiger partial charge in [0.15, 0.2) is 0 Å². The molecule has 6 heteroatoms. The van der Waals surface area contributed by atoms with Crippen LogP contribution in [0.15, 0.2) is 24.3 Å². The summed E-state index contributed by atoms with van der Waals surface area (Å²) in [6.45, 7) is 10.1. The van der Waals surface area contributed by atoms with Crippen LogP contribution in [0, 0.1) is 0 Å². The quantitative estimate of drug-likeness (QED) is 0.639. The summed E-state index contributed by atoms with van der Waals surface area (Å²) in [4.78, 5) is 2.38. The highest BCUT2D eigenvalue weighted by molar-refractivity contribution is 7.85. The van der Waals surface area contributed by atoms with Crippen LogP contribution in [0.3, 0.4) is 0 Å². The second-order valence-electron chi connectivity index (χ2n) is 4.09. The van der Waals surface area contributed by atoms with Crippen LogP contribution in [0.1, 0.15) is 26.3 Å². The summed E-state index contributed by atoms with van der Waals surface area (Å²) < 4.78 is 29.3. The van der Waals surface area contributed by atoms with Crippen LogP contribution in [-0.4, -0.2) is 37.5 Å². The molecule has 0 bridgehead atoms. The third kappa shape index (κ3) is 9.47. The molecule has 0 amide bonds. The van der Waals surface area contributed by atoms with Gasteiger partial charge in [-0.15, -0.1) is 0 Å². The average Bonchev–Trinajstić information content (AvgIpc) is 2.30. The zero-order chi connectivity index (χ0) is 14.9. The van der Waals surface area contributed by atoms with Crippen molar-refractivity contribution in [2.75, 3.05) is 25.4 Å². The Morgan fingerprint density at radius 3 is 2.00 bits per heavy atom. The Morgan fingerprint density at radius 2 is 1.68 bits per heavy atom. The Bertz CT molecular complexity index is 451. The fourth-order valence-electron chi connectivity index (χ4n) is 1.56. The van der Waals surface area contributed by atoms with E-state index in [0.29, 0.717) is 11.3 Å². The molecule has 19 heavy (non-hydrogen) atoms. The number of rotatable bonds is 5. The molecule has 0 radical (unpaired) electrons. The van der Waals surface area contributed by atoms with Crippen LogP contribution in [0.5, 0.6) is 0 Å². The molecule has 3 N–H and O–H groups in total. The number of hydrogen-bond donors (Lipinski definition) is 2. The second-order valence-corrected chi connectivity index (χ2v) is 5.54. The lowest BCUT2D eigenvalue weighted by atomic mass is 10.2. The molecular formula is C13H24N2O3S. The Hall–Kier alpha value is -1.11. The molecular weight excluding hydrogens is 264 g/mol. The van der Waals surface area contributed by atoms with Crippen LogP contribution in [0.4, 0.5) is 5.69 Å². The van der Waals surface area contributed by atoms with E-state index in [4.69, 9.17) is 10.3 Å². The van der Waals surface area contributed by atoms with Crippen molar-refractivity contribution in [3.63, 3.8) is 0 Å². The van der Waals surface area contributed by atoms with Gasteiger partial charge in [0.2, 0.25) is 0 Å². The van der Waals surface area contributed by atoms with Crippen molar-refractivity contribution < 1.29 is 13.0 Å². The van der Waals surface area contributed by atoms with Crippen molar-refractivity contribution in [2.24, 2.45) is 0 Å². The SMILES string of the molecule is CCN(CC)CC.Nc1cccc(CS(=O)(=O)O)c1. The number of anilines is 1. The fourth-order valence-corrected chi connectivity index (χ4v) is 2.17. The molecule has 5 nitrogen and oxygen atoms in total. The Labute approximate surface area is 116 Å². The maximum absolute atomic E-state index is 10.4. The van der Waals surface area contributed by atoms with Gasteiger partial charge in [0.1, 0.15) is 5.75 Å². The van der Waals surface area contributed by atoms with Gasteiger partial charge in [0.25, 0.3) is 10.1 Å². The minimum atomic E-state index is -3.95. The molecule has 1 aromatic carbocycles. The Balaban J connectivity index is 0.000000399. The lowest BCUT2D eigenvalue weighted by Gasteiger charge is -2.13. The third-order valence-corrected chi connectivity index (χ3v) is 3.34. The predicted octanol–water partition coefficient (Wildman–Crippen LogP) is 2.00. The maximum Gasteiger partial charge on any atom is 0.269 e. The van der Waals surface area contributed by atoms with Gasteiger partial charge in [-0.05, 0) is 37.3 Å². The number of benzene rings is 1. The van der Waals surface area contributed by atoms with Crippen molar-refractivity contribution in [1.82, 2.24) is 4.90 Å². The summed E-state index contributed by atoms with van der Waals surface area (Å²) in [5.74, 6) is -0.391. The van der Waals surface area contributed by atoms with E-state index in [1.54, 1.807) is 18.2 Å². The molecule has 1 rings (SSSR count). The molecule has 0 aliphatic rings. The standard InChI is InChI=1S/C7H9NO3S.C6H15N/c8-7-3-1-2-6(4-7)5-12(9,10)11;1-4-7(5-2)6-3/h1-4H,5,8H2,(H,9,10,11);4-6H2,1-3H3. The van der Waals surface area contributed by atoms with Crippen LogP contribution >= 0.6 is 0 Å². The van der Waals surface area contributed by atoms with Crippen LogP contribution in [0.25, 0.3) is 0 Å². The first-order valence-corrected chi connectivity index (χ1v) is 7.95. The Kier molecular flexibility index (Phi) is 8.38. The topological polar surface area (TPSA) is 83.6 Å². The van der Waals surface area contributed by atoms with Crippen molar-refractivity contribution in [3.05, 3.63) is 29.8 Å². The zero-order valence-corrected chi connectivity index (χ0v) is 12.7. The summed E-state index contributed by atoms with van der Waals surface area (Å²) in [5, 5.41) is 0. The van der Waals surface area contributed by atoms with E-state index >= 15 is 0 Å². The van der Waals surface area contributed by atoms with Crippen LogP contribution in [0.2, 0.25) is 0 Å². The van der Waals surface area contributed by atoms with Crippen LogP contribution < -0.4 is 5.73 Å². The average molecular weight is 288 g/mol. The molecule has 0 fully saturated rings. The minimum absolute atomic E-state index is 0.391. The van der Waals surface area contributed by atoms with E-state index in [1.165, 1.54) is 25.7 Å². The monoisotopic (exact) mass is 288 g/mol. The number of nitrogen functional groups attached to an aromatic ring is 1. The van der Waals surface area contributed by atoms with E-state index in [2.05, 4.69) is 25.7 Å². The molecule has 0 heterocycles.